The lowest BCUT2D eigenvalue weighted by molar-refractivity contribution is -0.142. The number of methoxy groups -OCH3 is 1. The Labute approximate surface area is 96.9 Å². The third kappa shape index (κ3) is 3.73. The minimum absolute atomic E-state index is 0.332. The lowest BCUT2D eigenvalue weighted by Gasteiger charge is -2.35. The maximum Gasteiger partial charge on any atom is 0.322 e. The average Bonchev–Trinajstić information content (AvgIpc) is 2.35. The quantitative estimate of drug-likeness (QED) is 0.673. The molecule has 0 aromatic rings. The van der Waals surface area contributed by atoms with Crippen LogP contribution in [0.3, 0.4) is 0 Å². The second kappa shape index (κ2) is 6.83. The molecule has 1 rings (SSSR count). The number of carbonyl (C=O) groups is 1. The van der Waals surface area contributed by atoms with Gasteiger partial charge in [0.15, 0.2) is 0 Å². The number of hydrogen-bond acceptors (Lipinski definition) is 5. The van der Waals surface area contributed by atoms with E-state index in [9.17, 15) is 4.79 Å². The summed E-state index contributed by atoms with van der Waals surface area (Å²) in [5.41, 5.74) is 5.70. The highest BCUT2D eigenvalue weighted by molar-refractivity contribution is 5.75. The van der Waals surface area contributed by atoms with Gasteiger partial charge in [0.1, 0.15) is 6.04 Å². The molecule has 0 aliphatic carbocycles. The molecular weight excluding hydrogens is 208 g/mol. The lowest BCUT2D eigenvalue weighted by atomic mass is 10.1. The standard InChI is InChI=1S/C11H22N2O3/c1-3-9-8-16-7-6-13(9)5-4-10(12)11(14)15-2/h9-10H,3-8,12H2,1-2H3. The minimum Gasteiger partial charge on any atom is -0.468 e. The van der Waals surface area contributed by atoms with E-state index >= 15 is 0 Å². The zero-order chi connectivity index (χ0) is 12.0. The van der Waals surface area contributed by atoms with Crippen molar-refractivity contribution in [2.24, 2.45) is 5.73 Å². The molecule has 2 N–H and O–H groups in total. The van der Waals surface area contributed by atoms with Crippen molar-refractivity contribution in [1.29, 1.82) is 0 Å². The van der Waals surface area contributed by atoms with Gasteiger partial charge in [-0.25, -0.2) is 0 Å². The van der Waals surface area contributed by atoms with Gasteiger partial charge in [-0.3, -0.25) is 9.69 Å². The number of morpholine rings is 1. The van der Waals surface area contributed by atoms with E-state index in [1.54, 1.807) is 0 Å². The Morgan fingerprint density at radius 3 is 3.06 bits per heavy atom. The molecule has 0 aromatic carbocycles. The molecule has 5 heteroatoms. The molecule has 16 heavy (non-hydrogen) atoms. The highest BCUT2D eigenvalue weighted by atomic mass is 16.5. The summed E-state index contributed by atoms with van der Waals surface area (Å²) in [6, 6.07) is -0.0519. The molecule has 0 spiro atoms. The number of hydrogen-bond donors (Lipinski definition) is 1. The number of carbonyl (C=O) groups excluding carboxylic acids is 1. The maximum atomic E-state index is 11.1. The molecule has 94 valence electrons. The zero-order valence-corrected chi connectivity index (χ0v) is 10.1. The van der Waals surface area contributed by atoms with Crippen molar-refractivity contribution < 1.29 is 14.3 Å². The fourth-order valence-electron chi connectivity index (χ4n) is 1.93. The van der Waals surface area contributed by atoms with Gasteiger partial charge in [0.05, 0.1) is 20.3 Å². The number of esters is 1. The SMILES string of the molecule is CCC1COCCN1CCC(N)C(=O)OC. The molecule has 0 amide bonds. The third-order valence-electron chi connectivity index (χ3n) is 3.05. The van der Waals surface area contributed by atoms with Crippen LogP contribution in [0, 0.1) is 0 Å². The molecule has 5 nitrogen and oxygen atoms in total. The number of rotatable bonds is 5. The molecule has 0 aromatic heterocycles. The summed E-state index contributed by atoms with van der Waals surface area (Å²) >= 11 is 0. The monoisotopic (exact) mass is 230 g/mol. The van der Waals surface area contributed by atoms with Gasteiger partial charge in [0.2, 0.25) is 0 Å². The van der Waals surface area contributed by atoms with Crippen molar-refractivity contribution in [1.82, 2.24) is 4.90 Å². The van der Waals surface area contributed by atoms with Gasteiger partial charge in [-0.1, -0.05) is 6.92 Å². The second-order valence-electron chi connectivity index (χ2n) is 4.09. The van der Waals surface area contributed by atoms with Crippen LogP contribution < -0.4 is 5.73 Å². The highest BCUT2D eigenvalue weighted by Gasteiger charge is 2.23. The zero-order valence-electron chi connectivity index (χ0n) is 10.1. The van der Waals surface area contributed by atoms with Gasteiger partial charge in [-0.2, -0.15) is 0 Å². The van der Waals surface area contributed by atoms with Gasteiger partial charge in [0, 0.05) is 19.1 Å². The highest BCUT2D eigenvalue weighted by Crippen LogP contribution is 2.11. The van der Waals surface area contributed by atoms with E-state index in [1.165, 1.54) is 7.11 Å². The van der Waals surface area contributed by atoms with Crippen LogP contribution in [0.1, 0.15) is 19.8 Å². The normalized spacial score (nSPS) is 24.1. The van der Waals surface area contributed by atoms with Crippen LogP contribution >= 0.6 is 0 Å². The fraction of sp³-hybridized carbons (Fsp3) is 0.909. The van der Waals surface area contributed by atoms with Crippen molar-refractivity contribution in [2.45, 2.75) is 31.8 Å². The first-order valence-electron chi connectivity index (χ1n) is 5.84. The van der Waals surface area contributed by atoms with E-state index in [0.717, 1.165) is 32.7 Å². The summed E-state index contributed by atoms with van der Waals surface area (Å²) in [7, 11) is 1.37. The summed E-state index contributed by atoms with van der Waals surface area (Å²) < 4.78 is 10.0. The first-order valence-corrected chi connectivity index (χ1v) is 5.84. The molecule has 1 fully saturated rings. The predicted molar refractivity (Wildman–Crippen MR) is 61.1 cm³/mol. The van der Waals surface area contributed by atoms with Gasteiger partial charge in [-0.05, 0) is 12.8 Å². The summed E-state index contributed by atoms with van der Waals surface area (Å²) in [6.45, 7) is 5.45. The van der Waals surface area contributed by atoms with Crippen LogP contribution in [0.15, 0.2) is 0 Å². The topological polar surface area (TPSA) is 64.8 Å². The van der Waals surface area contributed by atoms with Crippen LogP contribution in [-0.2, 0) is 14.3 Å². The molecule has 0 radical (unpaired) electrons. The van der Waals surface area contributed by atoms with E-state index in [1.807, 2.05) is 0 Å². The molecule has 1 aliphatic rings. The molecule has 0 saturated carbocycles. The molecular formula is C11H22N2O3. The molecule has 2 unspecified atom stereocenters. The Morgan fingerprint density at radius 1 is 1.69 bits per heavy atom. The fourth-order valence-corrected chi connectivity index (χ4v) is 1.93. The van der Waals surface area contributed by atoms with Crippen molar-refractivity contribution in [3.8, 4) is 0 Å². The Bertz CT molecular complexity index is 223. The van der Waals surface area contributed by atoms with Gasteiger partial charge in [0.25, 0.3) is 0 Å². The minimum atomic E-state index is -0.509. The van der Waals surface area contributed by atoms with Crippen LogP contribution in [0.25, 0.3) is 0 Å². The van der Waals surface area contributed by atoms with E-state index in [2.05, 4.69) is 16.6 Å². The van der Waals surface area contributed by atoms with Crippen molar-refractivity contribution in [3.05, 3.63) is 0 Å². The first kappa shape index (κ1) is 13.4. The molecule has 0 bridgehead atoms. The second-order valence-corrected chi connectivity index (χ2v) is 4.09. The van der Waals surface area contributed by atoms with Gasteiger partial charge < -0.3 is 15.2 Å². The van der Waals surface area contributed by atoms with Crippen molar-refractivity contribution >= 4 is 5.97 Å². The van der Waals surface area contributed by atoms with Crippen LogP contribution in [0.5, 0.6) is 0 Å². The molecule has 2 atom stereocenters. The number of ether oxygens (including phenoxy) is 2. The third-order valence-corrected chi connectivity index (χ3v) is 3.05. The Hall–Kier alpha value is -0.650. The smallest absolute Gasteiger partial charge is 0.322 e. The van der Waals surface area contributed by atoms with Crippen LogP contribution in [0.4, 0.5) is 0 Å². The van der Waals surface area contributed by atoms with Crippen molar-refractivity contribution in [2.75, 3.05) is 33.4 Å². The largest absolute Gasteiger partial charge is 0.468 e. The van der Waals surface area contributed by atoms with Gasteiger partial charge >= 0.3 is 5.97 Å². The van der Waals surface area contributed by atoms with E-state index in [4.69, 9.17) is 10.5 Å². The van der Waals surface area contributed by atoms with Crippen LogP contribution in [-0.4, -0.2) is 56.4 Å². The average molecular weight is 230 g/mol. The summed E-state index contributed by atoms with van der Waals surface area (Å²) in [4.78, 5) is 13.5. The van der Waals surface area contributed by atoms with Gasteiger partial charge in [-0.15, -0.1) is 0 Å². The Morgan fingerprint density at radius 2 is 2.44 bits per heavy atom. The Balaban J connectivity index is 2.32. The number of nitrogens with two attached hydrogens (primary N) is 1. The lowest BCUT2D eigenvalue weighted by Crippen LogP contribution is -2.47. The molecule has 1 aliphatic heterocycles. The van der Waals surface area contributed by atoms with Crippen LogP contribution in [0.2, 0.25) is 0 Å². The first-order chi connectivity index (χ1) is 7.69. The summed E-state index contributed by atoms with van der Waals surface area (Å²) in [5, 5.41) is 0. The molecule has 1 heterocycles. The van der Waals surface area contributed by atoms with E-state index in [-0.39, 0.29) is 5.97 Å². The summed E-state index contributed by atoms with van der Waals surface area (Å²) in [6.07, 6.45) is 1.70. The van der Waals surface area contributed by atoms with Crippen molar-refractivity contribution in [3.63, 3.8) is 0 Å². The Kier molecular flexibility index (Phi) is 5.73. The van der Waals surface area contributed by atoms with E-state index < -0.39 is 6.04 Å². The maximum absolute atomic E-state index is 11.1. The number of nitrogens with zero attached hydrogens (tertiary/aromatic N) is 1. The predicted octanol–water partition coefficient (Wildman–Crippen LogP) is -0.0124. The molecule has 1 saturated heterocycles. The summed E-state index contributed by atoms with van der Waals surface area (Å²) in [5.74, 6) is -0.332. The van der Waals surface area contributed by atoms with E-state index in [0.29, 0.717) is 12.5 Å².